The van der Waals surface area contributed by atoms with E-state index in [0.717, 1.165) is 11.1 Å². The van der Waals surface area contributed by atoms with Crippen molar-refractivity contribution in [2.75, 3.05) is 6.61 Å². The number of carboxylic acid groups (broad SMARTS) is 1. The zero-order valence-corrected chi connectivity index (χ0v) is 12.2. The zero-order valence-electron chi connectivity index (χ0n) is 12.2. The van der Waals surface area contributed by atoms with Crippen molar-refractivity contribution in [3.8, 4) is 0 Å². The van der Waals surface area contributed by atoms with Gasteiger partial charge in [0.25, 0.3) is 0 Å². The van der Waals surface area contributed by atoms with E-state index >= 15 is 0 Å². The number of nitrogens with zero attached hydrogens (tertiary/aromatic N) is 2. The molecule has 0 radical (unpaired) electrons. The summed E-state index contributed by atoms with van der Waals surface area (Å²) in [6.45, 7) is 0.393. The lowest BCUT2D eigenvalue weighted by molar-refractivity contribution is -0.137. The van der Waals surface area contributed by atoms with Crippen LogP contribution in [0.2, 0.25) is 0 Å². The average molecular weight is 298 g/mol. The van der Waals surface area contributed by atoms with E-state index in [1.54, 1.807) is 12.4 Å². The molecule has 1 heterocycles. The van der Waals surface area contributed by atoms with Gasteiger partial charge in [0.1, 0.15) is 12.3 Å². The van der Waals surface area contributed by atoms with Crippen LogP contribution in [-0.2, 0) is 9.63 Å². The van der Waals surface area contributed by atoms with Crippen LogP contribution in [0.15, 0.2) is 60.0 Å². The van der Waals surface area contributed by atoms with Crippen LogP contribution in [-0.4, -0.2) is 28.4 Å². The molecule has 0 saturated heterocycles. The molecule has 0 aliphatic heterocycles. The van der Waals surface area contributed by atoms with Crippen LogP contribution in [0.1, 0.15) is 30.4 Å². The van der Waals surface area contributed by atoms with Crippen LogP contribution >= 0.6 is 0 Å². The first-order valence-electron chi connectivity index (χ1n) is 7.15. The molecule has 2 aromatic rings. The third-order valence-electron chi connectivity index (χ3n) is 3.01. The van der Waals surface area contributed by atoms with Crippen LogP contribution in [0.3, 0.4) is 0 Å². The second kappa shape index (κ2) is 8.56. The third-order valence-corrected chi connectivity index (χ3v) is 3.01. The SMILES string of the molecule is O=C(O)CCCCON=C(c1ccccc1)c1cccnc1. The Balaban J connectivity index is 2.02. The largest absolute Gasteiger partial charge is 0.481 e. The van der Waals surface area contributed by atoms with Crippen LogP contribution < -0.4 is 0 Å². The van der Waals surface area contributed by atoms with Crippen molar-refractivity contribution in [2.24, 2.45) is 5.16 Å². The molecule has 0 saturated carbocycles. The average Bonchev–Trinajstić information content (AvgIpc) is 2.55. The van der Waals surface area contributed by atoms with Gasteiger partial charge in [-0.1, -0.05) is 35.5 Å². The lowest BCUT2D eigenvalue weighted by Crippen LogP contribution is -2.05. The van der Waals surface area contributed by atoms with Crippen LogP contribution in [0.4, 0.5) is 0 Å². The monoisotopic (exact) mass is 298 g/mol. The summed E-state index contributed by atoms with van der Waals surface area (Å²) in [5.41, 5.74) is 2.53. The van der Waals surface area contributed by atoms with E-state index in [4.69, 9.17) is 9.94 Å². The zero-order chi connectivity index (χ0) is 15.6. The number of pyridine rings is 1. The predicted molar refractivity (Wildman–Crippen MR) is 83.8 cm³/mol. The van der Waals surface area contributed by atoms with Gasteiger partial charge in [-0.15, -0.1) is 0 Å². The van der Waals surface area contributed by atoms with E-state index in [2.05, 4.69) is 10.1 Å². The summed E-state index contributed by atoms with van der Waals surface area (Å²) < 4.78 is 0. The van der Waals surface area contributed by atoms with E-state index < -0.39 is 5.97 Å². The van der Waals surface area contributed by atoms with Crippen molar-refractivity contribution in [1.29, 1.82) is 0 Å². The molecule has 114 valence electrons. The van der Waals surface area contributed by atoms with Gasteiger partial charge in [0.15, 0.2) is 0 Å². The summed E-state index contributed by atoms with van der Waals surface area (Å²) in [7, 11) is 0. The summed E-state index contributed by atoms with van der Waals surface area (Å²) in [4.78, 5) is 19.9. The quantitative estimate of drug-likeness (QED) is 0.462. The van der Waals surface area contributed by atoms with Gasteiger partial charge in [-0.2, -0.15) is 0 Å². The molecule has 22 heavy (non-hydrogen) atoms. The summed E-state index contributed by atoms with van der Waals surface area (Å²) >= 11 is 0. The third kappa shape index (κ3) is 5.01. The van der Waals surface area contributed by atoms with Gasteiger partial charge in [0.2, 0.25) is 0 Å². The lowest BCUT2D eigenvalue weighted by atomic mass is 10.0. The standard InChI is InChI=1S/C17H18N2O3/c20-16(21)10-4-5-12-22-19-17(14-7-2-1-3-8-14)15-9-6-11-18-13-15/h1-3,6-9,11,13H,4-5,10,12H2,(H,20,21). The number of benzene rings is 1. The maximum atomic E-state index is 10.4. The summed E-state index contributed by atoms with van der Waals surface area (Å²) in [6.07, 6.45) is 4.84. The van der Waals surface area contributed by atoms with E-state index in [9.17, 15) is 4.79 Å². The van der Waals surface area contributed by atoms with Gasteiger partial charge in [-0.05, 0) is 25.0 Å². The second-order valence-corrected chi connectivity index (χ2v) is 4.73. The van der Waals surface area contributed by atoms with Crippen molar-refractivity contribution >= 4 is 11.7 Å². The van der Waals surface area contributed by atoms with Crippen molar-refractivity contribution in [1.82, 2.24) is 4.98 Å². The number of aromatic nitrogens is 1. The first-order valence-corrected chi connectivity index (χ1v) is 7.15. The molecular weight excluding hydrogens is 280 g/mol. The smallest absolute Gasteiger partial charge is 0.303 e. The number of aliphatic carboxylic acids is 1. The number of carboxylic acids is 1. The highest BCUT2D eigenvalue weighted by Gasteiger charge is 2.07. The summed E-state index contributed by atoms with van der Waals surface area (Å²) in [6, 6.07) is 13.5. The molecule has 1 N–H and O–H groups in total. The predicted octanol–water partition coefficient (Wildman–Crippen LogP) is 3.11. The van der Waals surface area contributed by atoms with E-state index in [-0.39, 0.29) is 6.42 Å². The Bertz CT molecular complexity index is 571. The molecule has 1 aromatic heterocycles. The van der Waals surface area contributed by atoms with Gasteiger partial charge in [0, 0.05) is 29.9 Å². The number of unbranched alkanes of at least 4 members (excludes halogenated alkanes) is 1. The molecule has 0 unspecified atom stereocenters. The molecule has 5 nitrogen and oxygen atoms in total. The minimum Gasteiger partial charge on any atom is -0.481 e. The Morgan fingerprint density at radius 1 is 1.09 bits per heavy atom. The molecule has 0 bridgehead atoms. The highest BCUT2D eigenvalue weighted by molar-refractivity contribution is 6.12. The fraction of sp³-hybridized carbons (Fsp3) is 0.235. The van der Waals surface area contributed by atoms with Crippen LogP contribution in [0, 0.1) is 0 Å². The summed E-state index contributed by atoms with van der Waals surface area (Å²) in [5.74, 6) is -0.788. The van der Waals surface area contributed by atoms with Gasteiger partial charge >= 0.3 is 5.97 Å². The Hall–Kier alpha value is -2.69. The van der Waals surface area contributed by atoms with E-state index in [1.807, 2.05) is 42.5 Å². The highest BCUT2D eigenvalue weighted by Crippen LogP contribution is 2.10. The molecule has 5 heteroatoms. The van der Waals surface area contributed by atoms with Gasteiger partial charge in [-0.25, -0.2) is 0 Å². The van der Waals surface area contributed by atoms with Gasteiger partial charge in [-0.3, -0.25) is 9.78 Å². The molecule has 0 aliphatic rings. The van der Waals surface area contributed by atoms with Crippen LogP contribution in [0.25, 0.3) is 0 Å². The molecule has 0 aliphatic carbocycles. The van der Waals surface area contributed by atoms with Crippen molar-refractivity contribution < 1.29 is 14.7 Å². The highest BCUT2D eigenvalue weighted by atomic mass is 16.6. The maximum absolute atomic E-state index is 10.4. The fourth-order valence-electron chi connectivity index (χ4n) is 1.92. The van der Waals surface area contributed by atoms with E-state index in [0.29, 0.717) is 25.2 Å². The normalized spacial score (nSPS) is 11.2. The second-order valence-electron chi connectivity index (χ2n) is 4.73. The Kier molecular flexibility index (Phi) is 6.11. The molecule has 0 amide bonds. The minimum absolute atomic E-state index is 0.154. The first kappa shape index (κ1) is 15.7. The molecule has 1 aromatic carbocycles. The van der Waals surface area contributed by atoms with Gasteiger partial charge in [0.05, 0.1) is 0 Å². The maximum Gasteiger partial charge on any atom is 0.303 e. The number of rotatable bonds is 8. The lowest BCUT2D eigenvalue weighted by Gasteiger charge is -2.07. The van der Waals surface area contributed by atoms with Gasteiger partial charge < -0.3 is 9.94 Å². The fourth-order valence-corrected chi connectivity index (χ4v) is 1.92. The minimum atomic E-state index is -0.788. The van der Waals surface area contributed by atoms with Crippen molar-refractivity contribution in [3.63, 3.8) is 0 Å². The Labute approximate surface area is 129 Å². The van der Waals surface area contributed by atoms with Crippen molar-refractivity contribution in [2.45, 2.75) is 19.3 Å². The molecule has 2 rings (SSSR count). The number of oxime groups is 1. The molecule has 0 fully saturated rings. The number of carbonyl (C=O) groups is 1. The molecule has 0 spiro atoms. The molecular formula is C17H18N2O3. The number of hydrogen-bond donors (Lipinski definition) is 1. The number of hydrogen-bond acceptors (Lipinski definition) is 4. The topological polar surface area (TPSA) is 71.8 Å². The first-order chi connectivity index (χ1) is 10.8. The summed E-state index contributed by atoms with van der Waals surface area (Å²) in [5, 5.41) is 12.8. The Morgan fingerprint density at radius 3 is 2.55 bits per heavy atom. The molecule has 0 atom stereocenters. The van der Waals surface area contributed by atoms with Crippen LogP contribution in [0.5, 0.6) is 0 Å². The van der Waals surface area contributed by atoms with Crippen molar-refractivity contribution in [3.05, 3.63) is 66.0 Å². The van der Waals surface area contributed by atoms with E-state index in [1.165, 1.54) is 0 Å². The Morgan fingerprint density at radius 2 is 1.86 bits per heavy atom.